The first-order valence-corrected chi connectivity index (χ1v) is 9.56. The van der Waals surface area contributed by atoms with Gasteiger partial charge in [0.1, 0.15) is 11.4 Å². The Morgan fingerprint density at radius 1 is 1.22 bits per heavy atom. The first-order chi connectivity index (χ1) is 12.9. The third-order valence-corrected chi connectivity index (χ3v) is 6.20. The van der Waals surface area contributed by atoms with Crippen LogP contribution in [0, 0.1) is 12.7 Å². The summed E-state index contributed by atoms with van der Waals surface area (Å²) in [7, 11) is 0. The summed E-state index contributed by atoms with van der Waals surface area (Å²) in [6.45, 7) is 3.08. The average Bonchev–Trinajstić information content (AvgIpc) is 3.42. The molecule has 3 heterocycles. The van der Waals surface area contributed by atoms with E-state index in [1.807, 2.05) is 4.57 Å². The lowest BCUT2D eigenvalue weighted by Crippen LogP contribution is -2.51. The number of anilines is 1. The fraction of sp³-hybridized carbons (Fsp3) is 0.500. The van der Waals surface area contributed by atoms with Crippen molar-refractivity contribution < 1.29 is 14.3 Å². The lowest BCUT2D eigenvalue weighted by atomic mass is 10.0. The number of carboxylic acid groups (broad SMARTS) is 1. The molecule has 2 aliphatic heterocycles. The van der Waals surface area contributed by atoms with E-state index in [-0.39, 0.29) is 22.6 Å². The number of pyridine rings is 1. The number of aromatic nitrogens is 1. The zero-order valence-corrected chi connectivity index (χ0v) is 15.2. The molecule has 5 rings (SSSR count). The number of aryl methyl sites for hydroxylation is 1. The van der Waals surface area contributed by atoms with E-state index in [0.29, 0.717) is 23.3 Å². The quantitative estimate of drug-likeness (QED) is 0.867. The molecule has 1 saturated carbocycles. The summed E-state index contributed by atoms with van der Waals surface area (Å²) < 4.78 is 17.2. The molecule has 3 aliphatic rings. The molecular formula is C20H22FN3O3. The van der Waals surface area contributed by atoms with Crippen LogP contribution >= 0.6 is 0 Å². The van der Waals surface area contributed by atoms with E-state index in [1.165, 1.54) is 6.20 Å². The van der Waals surface area contributed by atoms with Crippen LogP contribution in [0.15, 0.2) is 17.1 Å². The summed E-state index contributed by atoms with van der Waals surface area (Å²) in [6.07, 6.45) is 5.53. The third-order valence-electron chi connectivity index (χ3n) is 6.20. The highest BCUT2D eigenvalue weighted by molar-refractivity contribution is 5.95. The zero-order chi connectivity index (χ0) is 18.9. The Hall–Kier alpha value is -2.41. The number of hydrogen-bond donors (Lipinski definition) is 2. The van der Waals surface area contributed by atoms with Crippen LogP contribution in [-0.4, -0.2) is 40.8 Å². The minimum Gasteiger partial charge on any atom is -0.477 e. The van der Waals surface area contributed by atoms with Gasteiger partial charge in [-0.3, -0.25) is 4.79 Å². The molecule has 1 aromatic heterocycles. The van der Waals surface area contributed by atoms with Crippen LogP contribution in [-0.2, 0) is 0 Å². The molecule has 2 aromatic rings. The van der Waals surface area contributed by atoms with Gasteiger partial charge < -0.3 is 19.9 Å². The second-order valence-electron chi connectivity index (χ2n) is 8.09. The summed E-state index contributed by atoms with van der Waals surface area (Å²) >= 11 is 0. The van der Waals surface area contributed by atoms with Crippen molar-refractivity contribution in [3.05, 3.63) is 39.4 Å². The van der Waals surface area contributed by atoms with E-state index < -0.39 is 17.2 Å². The van der Waals surface area contributed by atoms with Crippen molar-refractivity contribution in [3.8, 4) is 0 Å². The minimum absolute atomic E-state index is 0.183. The number of fused-ring (bicyclic) bond motifs is 3. The van der Waals surface area contributed by atoms with Gasteiger partial charge in [0.15, 0.2) is 0 Å². The second kappa shape index (κ2) is 5.79. The number of piperazine rings is 1. The van der Waals surface area contributed by atoms with Crippen molar-refractivity contribution in [1.82, 2.24) is 9.88 Å². The number of aromatic carboxylic acids is 1. The summed E-state index contributed by atoms with van der Waals surface area (Å²) in [5.74, 6) is -1.68. The van der Waals surface area contributed by atoms with E-state index in [9.17, 15) is 14.7 Å². The molecule has 2 N–H and O–H groups in total. The maximum atomic E-state index is 15.3. The van der Waals surface area contributed by atoms with Crippen LogP contribution < -0.4 is 15.6 Å². The summed E-state index contributed by atoms with van der Waals surface area (Å²) in [6, 6.07) is 2.69. The van der Waals surface area contributed by atoms with E-state index in [0.717, 1.165) is 38.8 Å². The normalized spacial score (nSPS) is 24.6. The van der Waals surface area contributed by atoms with Crippen molar-refractivity contribution in [2.24, 2.45) is 0 Å². The van der Waals surface area contributed by atoms with Crippen molar-refractivity contribution in [3.63, 3.8) is 0 Å². The number of benzene rings is 1. The van der Waals surface area contributed by atoms with Crippen molar-refractivity contribution in [2.45, 2.75) is 50.7 Å². The van der Waals surface area contributed by atoms with Crippen LogP contribution in [0.2, 0.25) is 0 Å². The smallest absolute Gasteiger partial charge is 0.341 e. The highest BCUT2D eigenvalue weighted by Crippen LogP contribution is 2.39. The molecule has 142 valence electrons. The molecule has 27 heavy (non-hydrogen) atoms. The molecule has 1 aliphatic carbocycles. The highest BCUT2D eigenvalue weighted by Gasteiger charge is 2.34. The predicted molar refractivity (Wildman–Crippen MR) is 100 cm³/mol. The molecule has 2 saturated heterocycles. The second-order valence-corrected chi connectivity index (χ2v) is 8.09. The molecule has 3 fully saturated rings. The number of rotatable bonds is 3. The van der Waals surface area contributed by atoms with Crippen LogP contribution in [0.3, 0.4) is 0 Å². The van der Waals surface area contributed by atoms with Gasteiger partial charge in [-0.25, -0.2) is 9.18 Å². The van der Waals surface area contributed by atoms with Crippen molar-refractivity contribution in [2.75, 3.05) is 18.0 Å². The number of carbonyl (C=O) groups is 1. The standard InChI is InChI=1S/C20H22FN3O3/c1-10-17-15(24(13-4-5-13)9-14(19(17)25)20(26)27)6-16(18(10)21)23-7-11-2-3-12(8-23)22-11/h6,9,11-13,22H,2-5,7-8H2,1H3,(H,26,27). The molecule has 0 radical (unpaired) electrons. The van der Waals surface area contributed by atoms with Gasteiger partial charge in [0.25, 0.3) is 0 Å². The fourth-order valence-corrected chi connectivity index (χ4v) is 4.68. The largest absolute Gasteiger partial charge is 0.477 e. The van der Waals surface area contributed by atoms with E-state index >= 15 is 4.39 Å². The van der Waals surface area contributed by atoms with Gasteiger partial charge in [-0.2, -0.15) is 0 Å². The maximum Gasteiger partial charge on any atom is 0.341 e. The van der Waals surface area contributed by atoms with Crippen molar-refractivity contribution >= 4 is 22.6 Å². The number of nitrogens with zero attached hydrogens (tertiary/aromatic N) is 2. The lowest BCUT2D eigenvalue weighted by molar-refractivity contribution is 0.0695. The van der Waals surface area contributed by atoms with E-state index in [2.05, 4.69) is 10.2 Å². The number of hydrogen-bond acceptors (Lipinski definition) is 4. The van der Waals surface area contributed by atoms with Crippen LogP contribution in [0.4, 0.5) is 10.1 Å². The Morgan fingerprint density at radius 2 is 1.89 bits per heavy atom. The van der Waals surface area contributed by atoms with E-state index in [4.69, 9.17) is 0 Å². The number of carboxylic acids is 1. The molecule has 2 unspecified atom stereocenters. The summed E-state index contributed by atoms with van der Waals surface area (Å²) in [4.78, 5) is 26.4. The molecule has 0 amide bonds. The first kappa shape index (κ1) is 16.7. The SMILES string of the molecule is Cc1c(F)c(N2CC3CCC(C2)N3)cc2c1c(=O)c(C(=O)O)cn2C1CC1. The van der Waals surface area contributed by atoms with E-state index in [1.54, 1.807) is 13.0 Å². The van der Waals surface area contributed by atoms with Gasteiger partial charge >= 0.3 is 5.97 Å². The Balaban J connectivity index is 1.74. The van der Waals surface area contributed by atoms with Crippen LogP contribution in [0.1, 0.15) is 47.6 Å². The fourth-order valence-electron chi connectivity index (χ4n) is 4.68. The first-order valence-electron chi connectivity index (χ1n) is 9.56. The van der Waals surface area contributed by atoms with Crippen LogP contribution in [0.25, 0.3) is 10.9 Å². The molecular weight excluding hydrogens is 349 g/mol. The molecule has 2 bridgehead atoms. The Morgan fingerprint density at radius 3 is 2.48 bits per heavy atom. The Labute approximate surface area is 155 Å². The summed E-state index contributed by atoms with van der Waals surface area (Å²) in [5, 5.41) is 13.2. The third kappa shape index (κ3) is 2.56. The topological polar surface area (TPSA) is 74.6 Å². The molecule has 2 atom stereocenters. The Kier molecular flexibility index (Phi) is 3.59. The molecule has 1 aromatic carbocycles. The molecule has 0 spiro atoms. The van der Waals surface area contributed by atoms with Gasteiger partial charge in [-0.15, -0.1) is 0 Å². The zero-order valence-electron chi connectivity index (χ0n) is 15.2. The number of nitrogens with one attached hydrogen (secondary N) is 1. The van der Waals surface area contributed by atoms with Gasteiger partial charge in [0, 0.05) is 43.0 Å². The van der Waals surface area contributed by atoms with Gasteiger partial charge in [-0.05, 0) is 38.7 Å². The maximum absolute atomic E-state index is 15.3. The average molecular weight is 371 g/mol. The lowest BCUT2D eigenvalue weighted by Gasteiger charge is -2.35. The predicted octanol–water partition coefficient (Wildman–Crippen LogP) is 2.42. The summed E-state index contributed by atoms with van der Waals surface area (Å²) in [5.41, 5.74) is 0.529. The molecule has 6 nitrogen and oxygen atoms in total. The highest BCUT2D eigenvalue weighted by atomic mass is 19.1. The van der Waals surface area contributed by atoms with Crippen LogP contribution in [0.5, 0.6) is 0 Å². The minimum atomic E-state index is -1.26. The Bertz CT molecular complexity index is 1020. The van der Waals surface area contributed by atoms with Gasteiger partial charge in [0.2, 0.25) is 5.43 Å². The monoisotopic (exact) mass is 371 g/mol. The molecule has 7 heteroatoms. The number of halogens is 1. The van der Waals surface area contributed by atoms with Gasteiger partial charge in [-0.1, -0.05) is 0 Å². The van der Waals surface area contributed by atoms with Gasteiger partial charge in [0.05, 0.1) is 16.6 Å². The van der Waals surface area contributed by atoms with Crippen molar-refractivity contribution in [1.29, 1.82) is 0 Å².